The molecular weight excluding hydrogens is 325 g/mol. The summed E-state index contributed by atoms with van der Waals surface area (Å²) in [6.07, 6.45) is -8.89. The molecule has 0 saturated heterocycles. The molecule has 23 heavy (non-hydrogen) atoms. The highest BCUT2D eigenvalue weighted by Crippen LogP contribution is 2.31. The van der Waals surface area contributed by atoms with Crippen LogP contribution in [-0.4, -0.2) is 7.69 Å². The fraction of sp³-hybridized carbons (Fsp3) is 0.143. The van der Waals surface area contributed by atoms with Crippen molar-refractivity contribution in [3.05, 3.63) is 59.7 Å². The zero-order valence-electron chi connectivity index (χ0n) is 11.3. The Hall–Kier alpha value is -2.32. The monoisotopic (exact) mass is 333 g/mol. The molecule has 0 fully saturated rings. The van der Waals surface area contributed by atoms with Gasteiger partial charge in [0.1, 0.15) is 11.5 Å². The molecule has 0 unspecified atom stereocenters. The largest absolute Gasteiger partial charge is 0.658 e. The molecule has 0 saturated carbocycles. The van der Waals surface area contributed by atoms with Crippen molar-refractivity contribution < 1.29 is 35.7 Å². The molecule has 0 atom stereocenters. The summed E-state index contributed by atoms with van der Waals surface area (Å²) in [4.78, 5) is 0. The third kappa shape index (κ3) is 4.83. The SMILES string of the molecule is FC(F)(F)c1ccc(O[B]Oc2ccc(C(F)(F)F)cc2)cc1. The predicted molar refractivity (Wildman–Crippen MR) is 69.9 cm³/mol. The summed E-state index contributed by atoms with van der Waals surface area (Å²) in [5.41, 5.74) is -1.65. The van der Waals surface area contributed by atoms with E-state index in [1.54, 1.807) is 0 Å². The van der Waals surface area contributed by atoms with Gasteiger partial charge < -0.3 is 9.31 Å². The van der Waals surface area contributed by atoms with Gasteiger partial charge in [0.25, 0.3) is 0 Å². The number of rotatable bonds is 4. The van der Waals surface area contributed by atoms with E-state index in [9.17, 15) is 26.3 Å². The molecule has 0 aliphatic heterocycles. The van der Waals surface area contributed by atoms with Gasteiger partial charge in [-0.3, -0.25) is 0 Å². The minimum absolute atomic E-state index is 0.0879. The van der Waals surface area contributed by atoms with E-state index in [-0.39, 0.29) is 11.5 Å². The van der Waals surface area contributed by atoms with Crippen LogP contribution in [0.25, 0.3) is 0 Å². The van der Waals surface area contributed by atoms with Gasteiger partial charge in [0.15, 0.2) is 0 Å². The van der Waals surface area contributed by atoms with Gasteiger partial charge in [-0.1, -0.05) is 0 Å². The topological polar surface area (TPSA) is 18.5 Å². The first-order chi connectivity index (χ1) is 10.7. The van der Waals surface area contributed by atoms with Crippen molar-refractivity contribution in [3.8, 4) is 11.5 Å². The number of alkyl halides is 6. The number of hydrogen-bond acceptors (Lipinski definition) is 2. The van der Waals surface area contributed by atoms with Gasteiger partial charge in [-0.15, -0.1) is 0 Å². The first-order valence-electron chi connectivity index (χ1n) is 6.16. The Morgan fingerprint density at radius 1 is 0.565 bits per heavy atom. The Bertz CT molecular complexity index is 577. The summed E-state index contributed by atoms with van der Waals surface area (Å²) in [5, 5.41) is 0. The van der Waals surface area contributed by atoms with Crippen LogP contribution in [0.1, 0.15) is 11.1 Å². The lowest BCUT2D eigenvalue weighted by molar-refractivity contribution is -0.138. The van der Waals surface area contributed by atoms with Crippen molar-refractivity contribution in [2.24, 2.45) is 0 Å². The zero-order chi connectivity index (χ0) is 17.1. The van der Waals surface area contributed by atoms with E-state index in [4.69, 9.17) is 9.31 Å². The Labute approximate surface area is 127 Å². The Kier molecular flexibility index (Phi) is 4.77. The second kappa shape index (κ2) is 6.43. The molecule has 0 heterocycles. The maximum absolute atomic E-state index is 12.4. The Morgan fingerprint density at radius 2 is 0.870 bits per heavy atom. The quantitative estimate of drug-likeness (QED) is 0.596. The van der Waals surface area contributed by atoms with Crippen molar-refractivity contribution in [1.29, 1.82) is 0 Å². The Morgan fingerprint density at radius 3 is 1.13 bits per heavy atom. The third-order valence-electron chi connectivity index (χ3n) is 2.73. The van der Waals surface area contributed by atoms with Crippen LogP contribution in [0, 0.1) is 0 Å². The van der Waals surface area contributed by atoms with E-state index in [1.165, 1.54) is 0 Å². The summed E-state index contributed by atoms with van der Waals surface area (Å²) < 4.78 is 84.0. The van der Waals surface area contributed by atoms with Crippen LogP contribution in [-0.2, 0) is 12.4 Å². The molecule has 2 nitrogen and oxygen atoms in total. The maximum atomic E-state index is 12.4. The molecule has 1 radical (unpaired) electrons. The van der Waals surface area contributed by atoms with Gasteiger partial charge in [0.2, 0.25) is 0 Å². The van der Waals surface area contributed by atoms with E-state index < -0.39 is 23.5 Å². The number of hydrogen-bond donors (Lipinski definition) is 0. The minimum Gasteiger partial charge on any atom is -0.526 e. The molecule has 0 amide bonds. The smallest absolute Gasteiger partial charge is 0.526 e. The van der Waals surface area contributed by atoms with E-state index in [2.05, 4.69) is 0 Å². The van der Waals surface area contributed by atoms with Crippen LogP contribution >= 0.6 is 0 Å². The molecule has 0 N–H and O–H groups in total. The summed E-state index contributed by atoms with van der Waals surface area (Å²) in [6, 6.07) is 7.71. The molecule has 121 valence electrons. The van der Waals surface area contributed by atoms with Gasteiger partial charge in [-0.25, -0.2) is 0 Å². The first-order valence-corrected chi connectivity index (χ1v) is 6.16. The van der Waals surface area contributed by atoms with Gasteiger partial charge in [0, 0.05) is 0 Å². The maximum Gasteiger partial charge on any atom is 0.658 e. The predicted octanol–water partition coefficient (Wildman–Crippen LogP) is 4.72. The third-order valence-corrected chi connectivity index (χ3v) is 2.73. The molecule has 0 bridgehead atoms. The molecule has 0 aliphatic carbocycles. The van der Waals surface area contributed by atoms with Crippen molar-refractivity contribution in [2.75, 3.05) is 0 Å². The second-order valence-electron chi connectivity index (χ2n) is 4.38. The van der Waals surface area contributed by atoms with E-state index in [0.29, 0.717) is 0 Å². The van der Waals surface area contributed by atoms with E-state index >= 15 is 0 Å². The van der Waals surface area contributed by atoms with E-state index in [1.807, 2.05) is 0 Å². The summed E-state index contributed by atoms with van der Waals surface area (Å²) in [6.45, 7) is 0. The van der Waals surface area contributed by atoms with Crippen molar-refractivity contribution in [2.45, 2.75) is 12.4 Å². The lowest BCUT2D eigenvalue weighted by Crippen LogP contribution is -2.12. The molecule has 2 aromatic rings. The van der Waals surface area contributed by atoms with Crippen LogP contribution in [0.15, 0.2) is 48.5 Å². The number of halogens is 6. The minimum atomic E-state index is -4.45. The van der Waals surface area contributed by atoms with Crippen molar-refractivity contribution >= 4 is 7.69 Å². The van der Waals surface area contributed by atoms with Gasteiger partial charge in [-0.05, 0) is 48.5 Å². The highest BCUT2D eigenvalue weighted by atomic mass is 19.4. The summed E-state index contributed by atoms with van der Waals surface area (Å²) >= 11 is 0. The van der Waals surface area contributed by atoms with Crippen LogP contribution in [0.2, 0.25) is 0 Å². The van der Waals surface area contributed by atoms with Crippen LogP contribution in [0.5, 0.6) is 11.5 Å². The van der Waals surface area contributed by atoms with Crippen LogP contribution in [0.4, 0.5) is 26.3 Å². The van der Waals surface area contributed by atoms with Crippen molar-refractivity contribution in [1.82, 2.24) is 0 Å². The highest BCUT2D eigenvalue weighted by Gasteiger charge is 2.30. The van der Waals surface area contributed by atoms with Crippen LogP contribution in [0.3, 0.4) is 0 Å². The molecular formula is C14H8BF6O2. The Balaban J connectivity index is 1.87. The van der Waals surface area contributed by atoms with Gasteiger partial charge in [-0.2, -0.15) is 26.3 Å². The highest BCUT2D eigenvalue weighted by molar-refractivity contribution is 6.20. The van der Waals surface area contributed by atoms with Crippen LogP contribution < -0.4 is 9.31 Å². The fourth-order valence-corrected chi connectivity index (χ4v) is 1.58. The van der Waals surface area contributed by atoms with Gasteiger partial charge >= 0.3 is 20.0 Å². The standard InChI is InChI=1S/C14H8BF6O2/c16-13(17,18)9-1-5-11(6-2-9)22-15-23-12-7-3-10(4-8-12)14(19,20)21/h1-8H. The molecule has 0 aromatic heterocycles. The fourth-order valence-electron chi connectivity index (χ4n) is 1.58. The lowest BCUT2D eigenvalue weighted by Gasteiger charge is -2.10. The zero-order valence-corrected chi connectivity index (χ0v) is 11.3. The molecule has 0 spiro atoms. The summed E-state index contributed by atoms with van der Waals surface area (Å²) in [5.74, 6) is 0.176. The molecule has 0 aliphatic rings. The summed E-state index contributed by atoms with van der Waals surface area (Å²) in [7, 11) is 0.811. The van der Waals surface area contributed by atoms with Gasteiger partial charge in [0.05, 0.1) is 11.1 Å². The molecule has 2 aromatic carbocycles. The van der Waals surface area contributed by atoms with E-state index in [0.717, 1.165) is 56.2 Å². The normalized spacial score (nSPS) is 11.9. The average molecular weight is 333 g/mol. The van der Waals surface area contributed by atoms with Crippen molar-refractivity contribution in [3.63, 3.8) is 0 Å². The average Bonchev–Trinajstić information content (AvgIpc) is 2.46. The molecule has 2 rings (SSSR count). The first kappa shape index (κ1) is 17.0. The second-order valence-corrected chi connectivity index (χ2v) is 4.38. The lowest BCUT2D eigenvalue weighted by atomic mass is 10.2. The molecule has 9 heteroatoms. The number of benzene rings is 2.